The molecule has 0 bridgehead atoms. The number of carboxylic acids is 2. The van der Waals surface area contributed by atoms with E-state index >= 15 is 0 Å². The molecule has 1 atom stereocenters. The maximum atomic E-state index is 12.4. The zero-order chi connectivity index (χ0) is 14.1. The molecule has 0 heterocycles. The standard InChI is InChI=1S/C10H8F3NO4/c11-10(12,13)7(14)5-2-1-4(8(15)16)3-6(5)9(17)18/h1-3,7H,14H2,(H,15,16)(H,17,18)/t7-/m1/s1. The van der Waals surface area contributed by atoms with Crippen LogP contribution >= 0.6 is 0 Å². The van der Waals surface area contributed by atoms with Crippen molar-refractivity contribution in [3.63, 3.8) is 0 Å². The fourth-order valence-corrected chi connectivity index (χ4v) is 1.32. The van der Waals surface area contributed by atoms with E-state index < -0.39 is 40.8 Å². The van der Waals surface area contributed by atoms with Crippen molar-refractivity contribution in [3.8, 4) is 0 Å². The second kappa shape index (κ2) is 4.65. The van der Waals surface area contributed by atoms with Gasteiger partial charge < -0.3 is 15.9 Å². The number of carboxylic acid groups (broad SMARTS) is 2. The topological polar surface area (TPSA) is 101 Å². The molecule has 1 aromatic rings. The number of hydrogen-bond donors (Lipinski definition) is 3. The van der Waals surface area contributed by atoms with E-state index in [4.69, 9.17) is 15.9 Å². The molecule has 0 fully saturated rings. The number of aromatic carboxylic acids is 2. The number of benzene rings is 1. The summed E-state index contributed by atoms with van der Waals surface area (Å²) in [7, 11) is 0. The minimum absolute atomic E-state index is 0.425. The molecule has 1 rings (SSSR count). The monoisotopic (exact) mass is 263 g/mol. The molecule has 0 spiro atoms. The highest BCUT2D eigenvalue weighted by Crippen LogP contribution is 2.32. The summed E-state index contributed by atoms with van der Waals surface area (Å²) in [5.74, 6) is -3.11. The van der Waals surface area contributed by atoms with Crippen molar-refractivity contribution in [2.24, 2.45) is 5.73 Å². The third-order valence-electron chi connectivity index (χ3n) is 2.22. The van der Waals surface area contributed by atoms with Gasteiger partial charge in [-0.25, -0.2) is 9.59 Å². The maximum absolute atomic E-state index is 12.4. The summed E-state index contributed by atoms with van der Waals surface area (Å²) in [6.07, 6.45) is -4.81. The molecule has 0 unspecified atom stereocenters. The lowest BCUT2D eigenvalue weighted by Gasteiger charge is -2.18. The predicted molar refractivity (Wildman–Crippen MR) is 53.3 cm³/mol. The highest BCUT2D eigenvalue weighted by molar-refractivity contribution is 5.95. The first kappa shape index (κ1) is 14.0. The van der Waals surface area contributed by atoms with Gasteiger partial charge in [0.1, 0.15) is 6.04 Å². The molecule has 0 aliphatic heterocycles. The van der Waals surface area contributed by atoms with E-state index in [1.807, 2.05) is 0 Å². The summed E-state index contributed by atoms with van der Waals surface area (Å²) in [4.78, 5) is 21.4. The Balaban J connectivity index is 3.37. The van der Waals surface area contributed by atoms with E-state index in [9.17, 15) is 22.8 Å². The highest BCUT2D eigenvalue weighted by atomic mass is 19.4. The fraction of sp³-hybridized carbons (Fsp3) is 0.200. The lowest BCUT2D eigenvalue weighted by molar-refractivity contribution is -0.149. The Bertz CT molecular complexity index is 498. The third kappa shape index (κ3) is 2.77. The number of carbonyl (C=O) groups is 2. The Hall–Kier alpha value is -2.09. The van der Waals surface area contributed by atoms with Gasteiger partial charge in [-0.1, -0.05) is 6.07 Å². The fourth-order valence-electron chi connectivity index (χ4n) is 1.32. The Kier molecular flexibility index (Phi) is 3.61. The van der Waals surface area contributed by atoms with Crippen LogP contribution in [-0.2, 0) is 0 Å². The molecule has 18 heavy (non-hydrogen) atoms. The van der Waals surface area contributed by atoms with E-state index in [2.05, 4.69) is 0 Å². The minimum Gasteiger partial charge on any atom is -0.478 e. The number of rotatable bonds is 3. The summed E-state index contributed by atoms with van der Waals surface area (Å²) < 4.78 is 37.2. The van der Waals surface area contributed by atoms with Crippen LogP contribution in [0, 0.1) is 0 Å². The molecule has 0 aliphatic carbocycles. The average molecular weight is 263 g/mol. The summed E-state index contributed by atoms with van der Waals surface area (Å²) >= 11 is 0. The second-order valence-corrected chi connectivity index (χ2v) is 3.43. The zero-order valence-corrected chi connectivity index (χ0v) is 8.73. The van der Waals surface area contributed by atoms with Crippen molar-refractivity contribution in [1.29, 1.82) is 0 Å². The van der Waals surface area contributed by atoms with Crippen LogP contribution in [-0.4, -0.2) is 28.3 Å². The molecule has 0 aliphatic rings. The smallest absolute Gasteiger partial charge is 0.407 e. The van der Waals surface area contributed by atoms with Crippen molar-refractivity contribution >= 4 is 11.9 Å². The van der Waals surface area contributed by atoms with Gasteiger partial charge in [0.15, 0.2) is 0 Å². The van der Waals surface area contributed by atoms with Crippen LogP contribution in [0.2, 0.25) is 0 Å². The molecule has 0 saturated carbocycles. The minimum atomic E-state index is -4.81. The van der Waals surface area contributed by atoms with Crippen LogP contribution in [0.3, 0.4) is 0 Å². The molecule has 0 saturated heterocycles. The molecular weight excluding hydrogens is 255 g/mol. The van der Waals surface area contributed by atoms with Gasteiger partial charge in [-0.3, -0.25) is 0 Å². The van der Waals surface area contributed by atoms with Gasteiger partial charge in [-0.05, 0) is 17.7 Å². The number of halogens is 3. The molecule has 4 N–H and O–H groups in total. The first-order valence-electron chi connectivity index (χ1n) is 4.57. The van der Waals surface area contributed by atoms with Crippen LogP contribution < -0.4 is 5.73 Å². The van der Waals surface area contributed by atoms with Crippen molar-refractivity contribution in [2.45, 2.75) is 12.2 Å². The van der Waals surface area contributed by atoms with Crippen LogP contribution in [0.25, 0.3) is 0 Å². The Labute approximate surface area is 98.6 Å². The first-order valence-corrected chi connectivity index (χ1v) is 4.57. The van der Waals surface area contributed by atoms with Crippen LogP contribution in [0.15, 0.2) is 18.2 Å². The Morgan fingerprint density at radius 2 is 1.72 bits per heavy atom. The van der Waals surface area contributed by atoms with Gasteiger partial charge in [-0.15, -0.1) is 0 Å². The Morgan fingerprint density at radius 3 is 2.11 bits per heavy atom. The number of nitrogens with two attached hydrogens (primary N) is 1. The van der Waals surface area contributed by atoms with E-state index in [0.29, 0.717) is 6.07 Å². The molecule has 0 amide bonds. The SMILES string of the molecule is N[C@H](c1ccc(C(=O)O)cc1C(=O)O)C(F)(F)F. The Morgan fingerprint density at radius 1 is 1.17 bits per heavy atom. The van der Waals surface area contributed by atoms with Crippen LogP contribution in [0.1, 0.15) is 32.3 Å². The molecule has 0 aromatic heterocycles. The van der Waals surface area contributed by atoms with Gasteiger partial charge in [0.2, 0.25) is 0 Å². The van der Waals surface area contributed by atoms with Crippen LogP contribution in [0.4, 0.5) is 13.2 Å². The third-order valence-corrected chi connectivity index (χ3v) is 2.22. The van der Waals surface area contributed by atoms with Gasteiger partial charge in [0.25, 0.3) is 0 Å². The molecule has 98 valence electrons. The van der Waals surface area contributed by atoms with Crippen LogP contribution in [0.5, 0.6) is 0 Å². The highest BCUT2D eigenvalue weighted by Gasteiger charge is 2.39. The zero-order valence-electron chi connectivity index (χ0n) is 8.73. The molecule has 8 heteroatoms. The predicted octanol–water partition coefficient (Wildman–Crippen LogP) is 1.65. The lowest BCUT2D eigenvalue weighted by atomic mass is 9.98. The van der Waals surface area contributed by atoms with E-state index in [1.54, 1.807) is 0 Å². The summed E-state index contributed by atoms with van der Waals surface area (Å²) in [5, 5.41) is 17.4. The van der Waals surface area contributed by atoms with Crippen molar-refractivity contribution in [1.82, 2.24) is 0 Å². The van der Waals surface area contributed by atoms with E-state index in [1.165, 1.54) is 0 Å². The normalized spacial score (nSPS) is 13.1. The molecule has 0 radical (unpaired) electrons. The van der Waals surface area contributed by atoms with Gasteiger partial charge >= 0.3 is 18.1 Å². The average Bonchev–Trinajstić information content (AvgIpc) is 2.25. The second-order valence-electron chi connectivity index (χ2n) is 3.43. The maximum Gasteiger partial charge on any atom is 0.407 e. The van der Waals surface area contributed by atoms with Gasteiger partial charge in [-0.2, -0.15) is 13.2 Å². The lowest BCUT2D eigenvalue weighted by Crippen LogP contribution is -2.30. The van der Waals surface area contributed by atoms with Crippen molar-refractivity contribution < 1.29 is 33.0 Å². The van der Waals surface area contributed by atoms with Crippen molar-refractivity contribution in [2.75, 3.05) is 0 Å². The summed E-state index contributed by atoms with van der Waals surface area (Å²) in [5.41, 5.74) is 3.02. The van der Waals surface area contributed by atoms with Crippen molar-refractivity contribution in [3.05, 3.63) is 34.9 Å². The summed E-state index contributed by atoms with van der Waals surface area (Å²) in [6.45, 7) is 0. The van der Waals surface area contributed by atoms with Gasteiger partial charge in [0.05, 0.1) is 11.1 Å². The largest absolute Gasteiger partial charge is 0.478 e. The summed E-state index contributed by atoms with van der Waals surface area (Å²) in [6, 6.07) is -0.210. The molecule has 5 nitrogen and oxygen atoms in total. The van der Waals surface area contributed by atoms with Gasteiger partial charge in [0, 0.05) is 0 Å². The first-order chi connectivity index (χ1) is 8.14. The molecular formula is C10H8F3NO4. The number of hydrogen-bond acceptors (Lipinski definition) is 3. The van der Waals surface area contributed by atoms with E-state index in [-0.39, 0.29) is 0 Å². The number of alkyl halides is 3. The quantitative estimate of drug-likeness (QED) is 0.769. The van der Waals surface area contributed by atoms with E-state index in [0.717, 1.165) is 12.1 Å². The molecule has 1 aromatic carbocycles.